The molecular formula is C13H13F3N2O2. The van der Waals surface area contributed by atoms with Crippen LogP contribution in [0, 0.1) is 13.8 Å². The molecule has 2 aromatic rings. The molecule has 0 radical (unpaired) electrons. The van der Waals surface area contributed by atoms with Crippen molar-refractivity contribution in [3.63, 3.8) is 0 Å². The number of hydrogen-bond donors (Lipinski definition) is 1. The molecule has 4 nitrogen and oxygen atoms in total. The number of halogens is 3. The molecule has 108 valence electrons. The highest BCUT2D eigenvalue weighted by Crippen LogP contribution is 2.34. The highest BCUT2D eigenvalue weighted by Gasteiger charge is 2.39. The molecule has 7 heteroatoms. The normalized spacial score (nSPS) is 13.7. The van der Waals surface area contributed by atoms with Crippen LogP contribution < -0.4 is 0 Å². The molecule has 1 aromatic carbocycles. The lowest BCUT2D eigenvalue weighted by Gasteiger charge is -2.15. The van der Waals surface area contributed by atoms with Crippen LogP contribution >= 0.6 is 0 Å². The third-order valence-corrected chi connectivity index (χ3v) is 3.30. The fourth-order valence-corrected chi connectivity index (χ4v) is 2.05. The SMILES string of the molecule is Cc1cc2nc(C(F)(F)F)n(C(C)C(=O)O)c2cc1C. The number of hydrogen-bond acceptors (Lipinski definition) is 2. The van der Waals surface area contributed by atoms with E-state index in [1.54, 1.807) is 13.8 Å². The number of aryl methyl sites for hydroxylation is 2. The van der Waals surface area contributed by atoms with Crippen LogP contribution in [0.2, 0.25) is 0 Å². The summed E-state index contributed by atoms with van der Waals surface area (Å²) in [5.74, 6) is -2.53. The van der Waals surface area contributed by atoms with Gasteiger partial charge in [-0.1, -0.05) is 0 Å². The molecule has 0 fully saturated rings. The second-order valence-corrected chi connectivity index (χ2v) is 4.74. The number of imidazole rings is 1. The Balaban J connectivity index is 2.85. The van der Waals surface area contributed by atoms with Gasteiger partial charge in [-0.25, -0.2) is 9.78 Å². The van der Waals surface area contributed by atoms with E-state index in [0.717, 1.165) is 15.7 Å². The summed E-state index contributed by atoms with van der Waals surface area (Å²) in [5.41, 5.74) is 1.91. The highest BCUT2D eigenvalue weighted by atomic mass is 19.4. The number of carboxylic acids is 1. The van der Waals surface area contributed by atoms with Crippen molar-refractivity contribution in [2.24, 2.45) is 0 Å². The van der Waals surface area contributed by atoms with E-state index in [2.05, 4.69) is 4.98 Å². The lowest BCUT2D eigenvalue weighted by atomic mass is 10.1. The minimum Gasteiger partial charge on any atom is -0.480 e. The number of fused-ring (bicyclic) bond motifs is 1. The number of rotatable bonds is 2. The number of aromatic nitrogens is 2. The van der Waals surface area contributed by atoms with Crippen molar-refractivity contribution >= 4 is 17.0 Å². The maximum absolute atomic E-state index is 13.0. The van der Waals surface area contributed by atoms with E-state index in [9.17, 15) is 18.0 Å². The third-order valence-electron chi connectivity index (χ3n) is 3.30. The van der Waals surface area contributed by atoms with Crippen LogP contribution in [0.1, 0.15) is 29.9 Å². The first-order chi connectivity index (χ1) is 9.12. The maximum Gasteiger partial charge on any atom is 0.449 e. The van der Waals surface area contributed by atoms with Gasteiger partial charge in [-0.3, -0.25) is 0 Å². The van der Waals surface area contributed by atoms with Crippen LogP contribution in [0.3, 0.4) is 0 Å². The monoisotopic (exact) mass is 286 g/mol. The molecule has 1 aromatic heterocycles. The molecule has 0 saturated carbocycles. The molecular weight excluding hydrogens is 273 g/mol. The zero-order valence-corrected chi connectivity index (χ0v) is 11.1. The molecule has 1 N–H and O–H groups in total. The van der Waals surface area contributed by atoms with Gasteiger partial charge in [0.15, 0.2) is 0 Å². The second kappa shape index (κ2) is 4.50. The fourth-order valence-electron chi connectivity index (χ4n) is 2.05. The average Bonchev–Trinajstić information content (AvgIpc) is 2.67. The lowest BCUT2D eigenvalue weighted by Crippen LogP contribution is -2.22. The Morgan fingerprint density at radius 3 is 2.35 bits per heavy atom. The van der Waals surface area contributed by atoms with E-state index in [4.69, 9.17) is 5.11 Å². The number of carbonyl (C=O) groups is 1. The Kier molecular flexibility index (Phi) is 3.23. The van der Waals surface area contributed by atoms with Crippen LogP contribution in [0.4, 0.5) is 13.2 Å². The van der Waals surface area contributed by atoms with Crippen molar-refractivity contribution in [3.8, 4) is 0 Å². The summed E-state index contributed by atoms with van der Waals surface area (Å²) in [7, 11) is 0. The van der Waals surface area contributed by atoms with Gasteiger partial charge < -0.3 is 9.67 Å². The highest BCUT2D eigenvalue weighted by molar-refractivity contribution is 5.81. The molecule has 0 saturated heterocycles. The molecule has 1 unspecified atom stereocenters. The Hall–Kier alpha value is -2.05. The van der Waals surface area contributed by atoms with Crippen molar-refractivity contribution in [3.05, 3.63) is 29.1 Å². The number of benzene rings is 1. The van der Waals surface area contributed by atoms with Crippen LogP contribution in [-0.2, 0) is 11.0 Å². The molecule has 2 rings (SSSR count). The van der Waals surface area contributed by atoms with Gasteiger partial charge in [0, 0.05) is 0 Å². The predicted octanol–water partition coefficient (Wildman–Crippen LogP) is 3.32. The first-order valence-corrected chi connectivity index (χ1v) is 5.92. The maximum atomic E-state index is 13.0. The van der Waals surface area contributed by atoms with E-state index in [1.807, 2.05) is 0 Å². The van der Waals surface area contributed by atoms with Crippen LogP contribution in [-0.4, -0.2) is 20.6 Å². The largest absolute Gasteiger partial charge is 0.480 e. The summed E-state index contributed by atoms with van der Waals surface area (Å²) in [5, 5.41) is 9.01. The first kappa shape index (κ1) is 14.4. The number of alkyl halides is 3. The standard InChI is InChI=1S/C13H13F3N2O2/c1-6-4-9-10(5-7(6)2)18(8(3)11(19)20)12(17-9)13(14,15)16/h4-5,8H,1-3H3,(H,19,20). The molecule has 0 aliphatic heterocycles. The van der Waals surface area contributed by atoms with Crippen molar-refractivity contribution in [2.45, 2.75) is 33.0 Å². The van der Waals surface area contributed by atoms with Gasteiger partial charge >= 0.3 is 12.1 Å². The van der Waals surface area contributed by atoms with E-state index < -0.39 is 24.0 Å². The van der Waals surface area contributed by atoms with Crippen molar-refractivity contribution in [1.29, 1.82) is 0 Å². The van der Waals surface area contributed by atoms with Gasteiger partial charge in [0.05, 0.1) is 11.0 Å². The summed E-state index contributed by atoms with van der Waals surface area (Å²) in [4.78, 5) is 14.6. The molecule has 0 aliphatic rings. The van der Waals surface area contributed by atoms with Crippen LogP contribution in [0.25, 0.3) is 11.0 Å². The van der Waals surface area contributed by atoms with E-state index in [-0.39, 0.29) is 11.0 Å². The van der Waals surface area contributed by atoms with Gasteiger partial charge in [0.1, 0.15) is 6.04 Å². The summed E-state index contributed by atoms with van der Waals surface area (Å²) >= 11 is 0. The summed E-state index contributed by atoms with van der Waals surface area (Å²) < 4.78 is 39.8. The van der Waals surface area contributed by atoms with Crippen molar-refractivity contribution < 1.29 is 23.1 Å². The van der Waals surface area contributed by atoms with Gasteiger partial charge in [-0.15, -0.1) is 0 Å². The van der Waals surface area contributed by atoms with Gasteiger partial charge in [-0.05, 0) is 44.0 Å². The van der Waals surface area contributed by atoms with Gasteiger partial charge in [0.25, 0.3) is 0 Å². The van der Waals surface area contributed by atoms with E-state index in [1.165, 1.54) is 19.1 Å². The van der Waals surface area contributed by atoms with E-state index >= 15 is 0 Å². The first-order valence-electron chi connectivity index (χ1n) is 5.92. The van der Waals surface area contributed by atoms with Gasteiger partial charge in [0.2, 0.25) is 5.82 Å². The number of carboxylic acid groups (broad SMARTS) is 1. The molecule has 0 spiro atoms. The Labute approximate surface area is 112 Å². The smallest absolute Gasteiger partial charge is 0.449 e. The summed E-state index contributed by atoms with van der Waals surface area (Å²) in [6.45, 7) is 4.72. The number of nitrogens with zero attached hydrogens (tertiary/aromatic N) is 2. The molecule has 1 atom stereocenters. The zero-order chi connectivity index (χ0) is 15.2. The average molecular weight is 286 g/mol. The Morgan fingerprint density at radius 2 is 1.85 bits per heavy atom. The second-order valence-electron chi connectivity index (χ2n) is 4.74. The molecule has 0 aliphatic carbocycles. The van der Waals surface area contributed by atoms with Crippen molar-refractivity contribution in [2.75, 3.05) is 0 Å². The topological polar surface area (TPSA) is 55.1 Å². The van der Waals surface area contributed by atoms with Crippen LogP contribution in [0.15, 0.2) is 12.1 Å². The summed E-state index contributed by atoms with van der Waals surface area (Å²) in [6.07, 6.45) is -4.70. The fraction of sp³-hybridized carbons (Fsp3) is 0.385. The molecule has 0 amide bonds. The molecule has 20 heavy (non-hydrogen) atoms. The quantitative estimate of drug-likeness (QED) is 0.921. The molecule has 1 heterocycles. The van der Waals surface area contributed by atoms with E-state index in [0.29, 0.717) is 0 Å². The van der Waals surface area contributed by atoms with Crippen LogP contribution in [0.5, 0.6) is 0 Å². The minimum absolute atomic E-state index is 0.147. The zero-order valence-electron chi connectivity index (χ0n) is 11.1. The molecule has 0 bridgehead atoms. The summed E-state index contributed by atoms with van der Waals surface area (Å²) in [6, 6.07) is 1.72. The third kappa shape index (κ3) is 2.23. The predicted molar refractivity (Wildman–Crippen MR) is 66.6 cm³/mol. The van der Waals surface area contributed by atoms with Gasteiger partial charge in [-0.2, -0.15) is 13.2 Å². The lowest BCUT2D eigenvalue weighted by molar-refractivity contribution is -0.150. The van der Waals surface area contributed by atoms with Crippen molar-refractivity contribution in [1.82, 2.24) is 9.55 Å². The Morgan fingerprint density at radius 1 is 1.30 bits per heavy atom. The Bertz CT molecular complexity index is 689. The minimum atomic E-state index is -4.70. The number of aliphatic carboxylic acids is 1.